The Morgan fingerprint density at radius 3 is 2.57 bits per heavy atom. The number of methoxy groups -OCH3 is 1. The van der Waals surface area contributed by atoms with E-state index < -0.39 is 5.97 Å². The van der Waals surface area contributed by atoms with Gasteiger partial charge in [-0.15, -0.1) is 0 Å². The molecule has 1 aromatic heterocycles. The maximum Gasteiger partial charge on any atom is 0.374 e. The summed E-state index contributed by atoms with van der Waals surface area (Å²) >= 11 is 0. The van der Waals surface area contributed by atoms with E-state index >= 15 is 0 Å². The molecule has 0 radical (unpaired) electrons. The molecule has 0 fully saturated rings. The van der Waals surface area contributed by atoms with Crippen molar-refractivity contribution in [2.45, 2.75) is 19.9 Å². The summed E-state index contributed by atoms with van der Waals surface area (Å²) in [7, 11) is 1.63. The van der Waals surface area contributed by atoms with Gasteiger partial charge in [-0.1, -0.05) is 0 Å². The Balaban J connectivity index is 2.02. The van der Waals surface area contributed by atoms with Crippen molar-refractivity contribution in [3.8, 4) is 5.75 Å². The van der Waals surface area contributed by atoms with E-state index in [1.165, 1.54) is 0 Å². The summed E-state index contributed by atoms with van der Waals surface area (Å²) in [5, 5.41) is 3.29. The Kier molecular flexibility index (Phi) is 4.87. The first-order valence-electron chi connectivity index (χ1n) is 6.81. The van der Waals surface area contributed by atoms with Crippen molar-refractivity contribution in [1.82, 2.24) is 0 Å². The van der Waals surface area contributed by atoms with E-state index in [-0.39, 0.29) is 11.8 Å². The molecular formula is C16H19NO4. The molecule has 0 aliphatic carbocycles. The highest BCUT2D eigenvalue weighted by atomic mass is 16.5. The van der Waals surface area contributed by atoms with E-state index in [0.717, 1.165) is 11.4 Å². The Hall–Kier alpha value is -2.43. The van der Waals surface area contributed by atoms with Crippen LogP contribution in [0.3, 0.4) is 0 Å². The van der Waals surface area contributed by atoms with Crippen LogP contribution < -0.4 is 10.1 Å². The van der Waals surface area contributed by atoms with Crippen molar-refractivity contribution in [3.05, 3.63) is 47.9 Å². The number of furan rings is 1. The molecule has 0 aliphatic rings. The number of anilines is 1. The lowest BCUT2D eigenvalue weighted by molar-refractivity contribution is 0.0487. The molecule has 21 heavy (non-hydrogen) atoms. The lowest BCUT2D eigenvalue weighted by Crippen LogP contribution is -2.06. The maximum absolute atomic E-state index is 11.6. The van der Waals surface area contributed by atoms with Gasteiger partial charge in [-0.25, -0.2) is 4.79 Å². The van der Waals surface area contributed by atoms with Crippen LogP contribution in [0.4, 0.5) is 5.69 Å². The molecular weight excluding hydrogens is 270 g/mol. The number of esters is 1. The second kappa shape index (κ2) is 6.83. The second-order valence-corrected chi connectivity index (χ2v) is 4.52. The molecule has 5 heteroatoms. The number of ether oxygens (including phenoxy) is 2. The second-order valence-electron chi connectivity index (χ2n) is 4.52. The van der Waals surface area contributed by atoms with Gasteiger partial charge in [0.05, 0.1) is 19.8 Å². The van der Waals surface area contributed by atoms with E-state index in [0.29, 0.717) is 12.4 Å². The predicted molar refractivity (Wildman–Crippen MR) is 79.7 cm³/mol. The van der Waals surface area contributed by atoms with Gasteiger partial charge in [-0.05, 0) is 50.2 Å². The molecule has 0 amide bonds. The Morgan fingerprint density at radius 1 is 1.24 bits per heavy atom. The molecule has 0 bridgehead atoms. The molecule has 0 saturated carbocycles. The summed E-state index contributed by atoms with van der Waals surface area (Å²) in [4.78, 5) is 11.6. The summed E-state index contributed by atoms with van der Waals surface area (Å²) in [5.41, 5.74) is 0.942. The highest BCUT2D eigenvalue weighted by Gasteiger charge is 2.15. The molecule has 0 spiro atoms. The average molecular weight is 289 g/mol. The molecule has 0 unspecified atom stereocenters. The molecule has 5 nitrogen and oxygen atoms in total. The summed E-state index contributed by atoms with van der Waals surface area (Å²) < 4.78 is 15.5. The number of carbonyl (C=O) groups excluding carboxylic acids is 1. The zero-order chi connectivity index (χ0) is 15.2. The normalized spacial score (nSPS) is 11.8. The minimum atomic E-state index is -0.444. The molecule has 1 N–H and O–H groups in total. The van der Waals surface area contributed by atoms with Crippen molar-refractivity contribution in [3.63, 3.8) is 0 Å². The zero-order valence-electron chi connectivity index (χ0n) is 12.4. The molecule has 112 valence electrons. The lowest BCUT2D eigenvalue weighted by atomic mass is 10.2. The number of benzene rings is 1. The van der Waals surface area contributed by atoms with Crippen LogP contribution in [0.5, 0.6) is 5.75 Å². The highest BCUT2D eigenvalue weighted by Crippen LogP contribution is 2.23. The molecule has 0 aliphatic heterocycles. The first kappa shape index (κ1) is 15.0. The molecule has 0 saturated heterocycles. The Labute approximate surface area is 123 Å². The SMILES string of the molecule is CCOC(=O)c1ccc([C@H](C)Nc2ccc(OC)cc2)o1. The summed E-state index contributed by atoms with van der Waals surface area (Å²) in [6.07, 6.45) is 0. The molecule has 2 rings (SSSR count). The van der Waals surface area contributed by atoms with Crippen LogP contribution in [0, 0.1) is 0 Å². The third-order valence-corrected chi connectivity index (χ3v) is 3.00. The first-order valence-corrected chi connectivity index (χ1v) is 6.81. The fourth-order valence-electron chi connectivity index (χ4n) is 1.91. The average Bonchev–Trinajstić information content (AvgIpc) is 2.98. The highest BCUT2D eigenvalue weighted by molar-refractivity contribution is 5.86. The van der Waals surface area contributed by atoms with E-state index in [1.54, 1.807) is 26.2 Å². The van der Waals surface area contributed by atoms with Gasteiger partial charge in [0.1, 0.15) is 11.5 Å². The van der Waals surface area contributed by atoms with Crippen LogP contribution in [-0.2, 0) is 4.74 Å². The van der Waals surface area contributed by atoms with Gasteiger partial charge in [0.2, 0.25) is 5.76 Å². The van der Waals surface area contributed by atoms with Gasteiger partial charge >= 0.3 is 5.97 Å². The van der Waals surface area contributed by atoms with E-state index in [1.807, 2.05) is 31.2 Å². The minimum absolute atomic E-state index is 0.0680. The minimum Gasteiger partial charge on any atom is -0.497 e. The molecule has 1 aromatic carbocycles. The summed E-state index contributed by atoms with van der Waals surface area (Å²) in [6.45, 7) is 4.04. The quantitative estimate of drug-likeness (QED) is 0.823. The van der Waals surface area contributed by atoms with Crippen LogP contribution >= 0.6 is 0 Å². The molecule has 2 aromatic rings. The van der Waals surface area contributed by atoms with Crippen LogP contribution in [0.15, 0.2) is 40.8 Å². The Morgan fingerprint density at radius 2 is 1.95 bits per heavy atom. The number of rotatable bonds is 6. The van der Waals surface area contributed by atoms with E-state index in [9.17, 15) is 4.79 Å². The Bertz CT molecular complexity index is 589. The van der Waals surface area contributed by atoms with Gasteiger partial charge in [-0.3, -0.25) is 0 Å². The fourth-order valence-corrected chi connectivity index (χ4v) is 1.91. The van der Waals surface area contributed by atoms with E-state index in [4.69, 9.17) is 13.9 Å². The number of nitrogens with one attached hydrogen (secondary N) is 1. The largest absolute Gasteiger partial charge is 0.497 e. The van der Waals surface area contributed by atoms with E-state index in [2.05, 4.69) is 5.32 Å². The third kappa shape index (κ3) is 3.78. The molecule has 1 atom stereocenters. The van der Waals surface area contributed by atoms with Crippen LogP contribution in [0.1, 0.15) is 36.2 Å². The maximum atomic E-state index is 11.6. The van der Waals surface area contributed by atoms with Crippen LogP contribution in [0.2, 0.25) is 0 Å². The number of hydrogen-bond acceptors (Lipinski definition) is 5. The summed E-state index contributed by atoms with van der Waals surface area (Å²) in [5.74, 6) is 1.25. The summed E-state index contributed by atoms with van der Waals surface area (Å²) in [6, 6.07) is 10.9. The van der Waals surface area contributed by atoms with Gasteiger partial charge in [0, 0.05) is 5.69 Å². The zero-order valence-corrected chi connectivity index (χ0v) is 12.4. The standard InChI is InChI=1S/C16H19NO4/c1-4-20-16(18)15-10-9-14(21-15)11(2)17-12-5-7-13(19-3)8-6-12/h5-11,17H,4H2,1-3H3/t11-/m0/s1. The van der Waals surface area contributed by atoms with Crippen molar-refractivity contribution < 1.29 is 18.7 Å². The third-order valence-electron chi connectivity index (χ3n) is 3.00. The van der Waals surface area contributed by atoms with Gasteiger partial charge in [0.25, 0.3) is 0 Å². The van der Waals surface area contributed by atoms with Crippen molar-refractivity contribution in [2.75, 3.05) is 19.0 Å². The van der Waals surface area contributed by atoms with Gasteiger partial charge in [0.15, 0.2) is 0 Å². The predicted octanol–water partition coefficient (Wildman–Crippen LogP) is 3.64. The lowest BCUT2D eigenvalue weighted by Gasteiger charge is -2.13. The van der Waals surface area contributed by atoms with Crippen molar-refractivity contribution >= 4 is 11.7 Å². The smallest absolute Gasteiger partial charge is 0.374 e. The number of carbonyl (C=O) groups is 1. The fraction of sp³-hybridized carbons (Fsp3) is 0.312. The monoisotopic (exact) mass is 289 g/mol. The topological polar surface area (TPSA) is 60.7 Å². The van der Waals surface area contributed by atoms with Crippen molar-refractivity contribution in [2.24, 2.45) is 0 Å². The number of hydrogen-bond donors (Lipinski definition) is 1. The van der Waals surface area contributed by atoms with Gasteiger partial charge < -0.3 is 19.2 Å². The van der Waals surface area contributed by atoms with Gasteiger partial charge in [-0.2, -0.15) is 0 Å². The first-order chi connectivity index (χ1) is 10.1. The van der Waals surface area contributed by atoms with Crippen LogP contribution in [0.25, 0.3) is 0 Å². The van der Waals surface area contributed by atoms with Crippen LogP contribution in [-0.4, -0.2) is 19.7 Å². The molecule has 1 heterocycles. The van der Waals surface area contributed by atoms with Crippen molar-refractivity contribution in [1.29, 1.82) is 0 Å².